The number of nitrogens with zero attached hydrogens (tertiary/aromatic N) is 1. The number of rotatable bonds is 6. The van der Waals surface area contributed by atoms with Crippen LogP contribution in [0, 0.1) is 24.0 Å². The molecule has 2 aromatic rings. The minimum absolute atomic E-state index is 0.0637. The van der Waals surface area contributed by atoms with Crippen LogP contribution < -0.4 is 20.3 Å². The van der Waals surface area contributed by atoms with Crippen molar-refractivity contribution in [1.82, 2.24) is 10.3 Å². The number of nitro groups is 1. The van der Waals surface area contributed by atoms with Crippen LogP contribution in [0.15, 0.2) is 23.0 Å². The quantitative estimate of drug-likeness (QED) is 0.598. The summed E-state index contributed by atoms with van der Waals surface area (Å²) in [6.07, 6.45) is 0. The zero-order valence-electron chi connectivity index (χ0n) is 14.8. The lowest BCUT2D eigenvalue weighted by Gasteiger charge is -2.11. The Morgan fingerprint density at radius 1 is 1.19 bits per heavy atom. The van der Waals surface area contributed by atoms with E-state index >= 15 is 0 Å². The van der Waals surface area contributed by atoms with Gasteiger partial charge in [-0.1, -0.05) is 0 Å². The number of carbonyl (C=O) groups excluding carboxylic acids is 1. The van der Waals surface area contributed by atoms with Crippen molar-refractivity contribution in [2.75, 3.05) is 14.2 Å². The van der Waals surface area contributed by atoms with Crippen LogP contribution in [0.3, 0.4) is 0 Å². The van der Waals surface area contributed by atoms with Gasteiger partial charge in [-0.25, -0.2) is 0 Å². The Morgan fingerprint density at radius 2 is 1.81 bits per heavy atom. The Balaban J connectivity index is 2.35. The van der Waals surface area contributed by atoms with Crippen molar-refractivity contribution in [3.8, 4) is 11.5 Å². The average molecular weight is 361 g/mol. The van der Waals surface area contributed by atoms with Gasteiger partial charge in [0.15, 0.2) is 11.5 Å². The maximum atomic E-state index is 12.5. The summed E-state index contributed by atoms with van der Waals surface area (Å²) in [5.41, 5.74) is 0.881. The smallest absolute Gasteiger partial charge is 0.286 e. The lowest BCUT2D eigenvalue weighted by molar-refractivity contribution is -0.385. The molecule has 2 rings (SSSR count). The van der Waals surface area contributed by atoms with Crippen molar-refractivity contribution in [2.24, 2.45) is 0 Å². The molecule has 26 heavy (non-hydrogen) atoms. The third-order valence-corrected chi connectivity index (χ3v) is 3.86. The minimum atomic E-state index is -0.697. The molecule has 9 heteroatoms. The van der Waals surface area contributed by atoms with Gasteiger partial charge in [-0.2, -0.15) is 0 Å². The fourth-order valence-corrected chi connectivity index (χ4v) is 2.57. The number of aromatic nitrogens is 1. The van der Waals surface area contributed by atoms with Crippen LogP contribution in [0.25, 0.3) is 0 Å². The number of nitro benzene ring substituents is 1. The lowest BCUT2D eigenvalue weighted by atomic mass is 10.1. The molecule has 1 aromatic heterocycles. The van der Waals surface area contributed by atoms with E-state index < -0.39 is 16.5 Å². The van der Waals surface area contributed by atoms with Crippen LogP contribution in [0.4, 0.5) is 5.69 Å². The molecular weight excluding hydrogens is 342 g/mol. The number of ether oxygens (including phenoxy) is 2. The van der Waals surface area contributed by atoms with Crippen LogP contribution in [0.1, 0.15) is 27.2 Å². The number of H-pyrrole nitrogens is 1. The number of carbonyl (C=O) groups is 1. The van der Waals surface area contributed by atoms with Crippen LogP contribution in [-0.2, 0) is 6.54 Å². The summed E-state index contributed by atoms with van der Waals surface area (Å²) in [6.45, 7) is 3.44. The first-order valence-corrected chi connectivity index (χ1v) is 7.66. The Kier molecular flexibility index (Phi) is 5.61. The standard InChI is InChI=1S/C17H19N3O6/c1-9-5-10(2)19-17(22)12(9)8-18-16(21)11-6-14(25-3)15(26-4)7-13(11)20(23)24/h5-7H,8H2,1-4H3,(H,18,21)(H,19,22). The number of amides is 1. The number of aromatic amines is 1. The lowest BCUT2D eigenvalue weighted by Crippen LogP contribution is -2.28. The van der Waals surface area contributed by atoms with Gasteiger partial charge in [-0.15, -0.1) is 0 Å². The number of hydrogen-bond donors (Lipinski definition) is 2. The fraction of sp³-hybridized carbons (Fsp3) is 0.294. The predicted octanol–water partition coefficient (Wildman–Crippen LogP) is 1.85. The number of nitrogens with one attached hydrogen (secondary N) is 2. The zero-order valence-corrected chi connectivity index (χ0v) is 14.8. The maximum Gasteiger partial charge on any atom is 0.286 e. The minimum Gasteiger partial charge on any atom is -0.493 e. The van der Waals surface area contributed by atoms with Gasteiger partial charge in [0, 0.05) is 23.9 Å². The van der Waals surface area contributed by atoms with Gasteiger partial charge in [0.05, 0.1) is 25.2 Å². The number of pyridine rings is 1. The van der Waals surface area contributed by atoms with Gasteiger partial charge < -0.3 is 19.8 Å². The molecular formula is C17H19N3O6. The summed E-state index contributed by atoms with van der Waals surface area (Å²) in [4.78, 5) is 37.8. The van der Waals surface area contributed by atoms with Crippen molar-refractivity contribution in [3.05, 3.63) is 61.1 Å². The first kappa shape index (κ1) is 19.0. The van der Waals surface area contributed by atoms with Crippen LogP contribution in [0.2, 0.25) is 0 Å². The van der Waals surface area contributed by atoms with Gasteiger partial charge in [-0.3, -0.25) is 19.7 Å². The van der Waals surface area contributed by atoms with Gasteiger partial charge in [0.1, 0.15) is 5.56 Å². The molecule has 0 saturated heterocycles. The highest BCUT2D eigenvalue weighted by atomic mass is 16.6. The van der Waals surface area contributed by atoms with Crippen molar-refractivity contribution >= 4 is 11.6 Å². The molecule has 0 aliphatic heterocycles. The van der Waals surface area contributed by atoms with Crippen molar-refractivity contribution in [1.29, 1.82) is 0 Å². The molecule has 0 radical (unpaired) electrons. The molecule has 1 heterocycles. The highest BCUT2D eigenvalue weighted by molar-refractivity contribution is 5.99. The van der Waals surface area contributed by atoms with Gasteiger partial charge in [-0.05, 0) is 25.5 Å². The van der Waals surface area contributed by atoms with E-state index in [1.807, 2.05) is 0 Å². The normalized spacial score (nSPS) is 10.3. The molecule has 0 unspecified atom stereocenters. The third kappa shape index (κ3) is 3.82. The Labute approximate surface area is 149 Å². The first-order valence-electron chi connectivity index (χ1n) is 7.66. The summed E-state index contributed by atoms with van der Waals surface area (Å²) >= 11 is 0. The SMILES string of the molecule is COc1cc(C(=O)NCc2c(C)cc(C)[nH]c2=O)c([N+](=O)[O-])cc1OC. The van der Waals surface area contributed by atoms with Gasteiger partial charge in [0.2, 0.25) is 0 Å². The molecule has 0 saturated carbocycles. The summed E-state index contributed by atoms with van der Waals surface area (Å²) in [7, 11) is 2.70. The van der Waals surface area contributed by atoms with Crippen molar-refractivity contribution in [2.45, 2.75) is 20.4 Å². The molecule has 0 atom stereocenters. The van der Waals surface area contributed by atoms with E-state index in [4.69, 9.17) is 9.47 Å². The van der Waals surface area contributed by atoms with Gasteiger partial charge >= 0.3 is 0 Å². The van der Waals surface area contributed by atoms with E-state index in [1.165, 1.54) is 20.3 Å². The third-order valence-electron chi connectivity index (χ3n) is 3.86. The number of aryl methyl sites for hydroxylation is 2. The largest absolute Gasteiger partial charge is 0.493 e. The topological polar surface area (TPSA) is 124 Å². The number of hydrogen-bond acceptors (Lipinski definition) is 6. The van der Waals surface area contributed by atoms with Crippen molar-refractivity contribution < 1.29 is 19.2 Å². The maximum absolute atomic E-state index is 12.5. The van der Waals surface area contributed by atoms with E-state index in [-0.39, 0.29) is 29.2 Å². The highest BCUT2D eigenvalue weighted by Gasteiger charge is 2.24. The first-order chi connectivity index (χ1) is 12.3. The monoisotopic (exact) mass is 361 g/mol. The van der Waals surface area contributed by atoms with E-state index in [9.17, 15) is 19.7 Å². The fourth-order valence-electron chi connectivity index (χ4n) is 2.57. The Bertz CT molecular complexity index is 919. The molecule has 138 valence electrons. The molecule has 2 N–H and O–H groups in total. The van der Waals surface area contributed by atoms with Crippen molar-refractivity contribution in [3.63, 3.8) is 0 Å². The number of methoxy groups -OCH3 is 2. The second-order valence-electron chi connectivity index (χ2n) is 5.61. The average Bonchev–Trinajstić information content (AvgIpc) is 2.59. The molecule has 0 spiro atoms. The molecule has 9 nitrogen and oxygen atoms in total. The summed E-state index contributed by atoms with van der Waals surface area (Å²) in [6, 6.07) is 4.14. The Hall–Kier alpha value is -3.36. The van der Waals surface area contributed by atoms with E-state index in [0.29, 0.717) is 16.8 Å². The second-order valence-corrected chi connectivity index (χ2v) is 5.61. The van der Waals surface area contributed by atoms with E-state index in [1.54, 1.807) is 19.9 Å². The molecule has 0 fully saturated rings. The summed E-state index contributed by atoms with van der Waals surface area (Å²) < 4.78 is 10.1. The molecule has 1 aromatic carbocycles. The van der Waals surface area contributed by atoms with Crippen LogP contribution >= 0.6 is 0 Å². The zero-order chi connectivity index (χ0) is 19.4. The molecule has 0 aliphatic rings. The summed E-state index contributed by atoms with van der Waals surface area (Å²) in [5, 5.41) is 13.8. The van der Waals surface area contributed by atoms with Gasteiger partial charge in [0.25, 0.3) is 17.2 Å². The molecule has 0 aliphatic carbocycles. The molecule has 1 amide bonds. The molecule has 0 bridgehead atoms. The Morgan fingerprint density at radius 3 is 2.35 bits per heavy atom. The number of benzene rings is 1. The van der Waals surface area contributed by atoms with E-state index in [2.05, 4.69) is 10.3 Å². The van der Waals surface area contributed by atoms with E-state index in [0.717, 1.165) is 6.07 Å². The van der Waals surface area contributed by atoms with Crippen LogP contribution in [0.5, 0.6) is 11.5 Å². The summed E-state index contributed by atoms with van der Waals surface area (Å²) in [5.74, 6) is -0.369. The predicted molar refractivity (Wildman–Crippen MR) is 93.9 cm³/mol. The highest BCUT2D eigenvalue weighted by Crippen LogP contribution is 2.34. The second kappa shape index (κ2) is 7.68. The van der Waals surface area contributed by atoms with Crippen LogP contribution in [-0.4, -0.2) is 30.0 Å².